The molecule has 0 aliphatic heterocycles. The highest BCUT2D eigenvalue weighted by Crippen LogP contribution is 2.26. The van der Waals surface area contributed by atoms with Gasteiger partial charge in [0.2, 0.25) is 0 Å². The number of esters is 1. The molecule has 0 radical (unpaired) electrons. The van der Waals surface area contributed by atoms with E-state index in [1.807, 2.05) is 0 Å². The van der Waals surface area contributed by atoms with Crippen molar-refractivity contribution in [2.24, 2.45) is 0 Å². The number of amides is 1. The summed E-state index contributed by atoms with van der Waals surface area (Å²) in [5, 5.41) is 13.0. The van der Waals surface area contributed by atoms with Gasteiger partial charge in [-0.25, -0.2) is 4.39 Å². The number of rotatable bonds is 8. The van der Waals surface area contributed by atoms with Gasteiger partial charge in [0.25, 0.3) is 11.6 Å². The van der Waals surface area contributed by atoms with Gasteiger partial charge in [0.15, 0.2) is 12.4 Å². The van der Waals surface area contributed by atoms with Crippen LogP contribution in [0.15, 0.2) is 42.5 Å². The van der Waals surface area contributed by atoms with Gasteiger partial charge in [-0.05, 0) is 30.3 Å². The summed E-state index contributed by atoms with van der Waals surface area (Å²) in [5.41, 5.74) is 0.153. The molecule has 0 heterocycles. The Hall–Kier alpha value is -3.33. The number of anilines is 1. The predicted octanol–water partition coefficient (Wildman–Crippen LogP) is 3.53. The van der Waals surface area contributed by atoms with Gasteiger partial charge in [-0.2, -0.15) is 0 Å². The lowest BCUT2D eigenvalue weighted by atomic mass is 10.1. The van der Waals surface area contributed by atoms with Crippen molar-refractivity contribution in [2.45, 2.75) is 12.8 Å². The molecule has 0 aliphatic carbocycles. The second-order valence-electron chi connectivity index (χ2n) is 5.56. The highest BCUT2D eigenvalue weighted by molar-refractivity contribution is 6.34. The lowest BCUT2D eigenvalue weighted by Gasteiger charge is -2.08. The third-order valence-corrected chi connectivity index (χ3v) is 3.84. The van der Waals surface area contributed by atoms with E-state index in [-0.39, 0.29) is 40.6 Å². The fourth-order valence-electron chi connectivity index (χ4n) is 2.12. The summed E-state index contributed by atoms with van der Waals surface area (Å²) in [6.07, 6.45) is -0.401. The van der Waals surface area contributed by atoms with Crippen LogP contribution in [-0.2, 0) is 14.3 Å². The van der Waals surface area contributed by atoms with Gasteiger partial charge in [-0.15, -0.1) is 0 Å². The van der Waals surface area contributed by atoms with Gasteiger partial charge in [-0.1, -0.05) is 11.6 Å². The van der Waals surface area contributed by atoms with E-state index >= 15 is 0 Å². The first-order valence-corrected chi connectivity index (χ1v) is 8.32. The minimum atomic E-state index is -0.764. The Morgan fingerprint density at radius 3 is 2.39 bits per heavy atom. The van der Waals surface area contributed by atoms with Crippen molar-refractivity contribution in [3.63, 3.8) is 0 Å². The molecule has 0 bridgehead atoms. The van der Waals surface area contributed by atoms with E-state index in [9.17, 15) is 28.9 Å². The van der Waals surface area contributed by atoms with E-state index in [1.165, 1.54) is 18.2 Å². The van der Waals surface area contributed by atoms with Crippen LogP contribution in [0, 0.1) is 15.9 Å². The molecule has 0 saturated carbocycles. The number of hydrogen-bond acceptors (Lipinski definition) is 6. The number of benzene rings is 2. The van der Waals surface area contributed by atoms with Crippen molar-refractivity contribution in [2.75, 3.05) is 11.9 Å². The van der Waals surface area contributed by atoms with Gasteiger partial charge >= 0.3 is 5.97 Å². The van der Waals surface area contributed by atoms with Gasteiger partial charge in [0.1, 0.15) is 5.82 Å². The molecule has 146 valence electrons. The first-order chi connectivity index (χ1) is 13.3. The van der Waals surface area contributed by atoms with Crippen molar-refractivity contribution in [1.29, 1.82) is 0 Å². The summed E-state index contributed by atoms with van der Waals surface area (Å²) in [6.45, 7) is -0.614. The zero-order chi connectivity index (χ0) is 20.7. The number of nitro benzene ring substituents is 1. The molecular weight excluding hydrogens is 395 g/mol. The van der Waals surface area contributed by atoms with E-state index in [0.29, 0.717) is 0 Å². The molecule has 2 rings (SSSR count). The molecule has 0 atom stereocenters. The van der Waals surface area contributed by atoms with E-state index in [4.69, 9.17) is 16.3 Å². The Labute approximate surface area is 163 Å². The Bertz CT molecular complexity index is 917. The third kappa shape index (κ3) is 6.13. The lowest BCUT2D eigenvalue weighted by molar-refractivity contribution is -0.384. The van der Waals surface area contributed by atoms with E-state index in [0.717, 1.165) is 24.3 Å². The topological polar surface area (TPSA) is 116 Å². The first-order valence-electron chi connectivity index (χ1n) is 7.94. The van der Waals surface area contributed by atoms with E-state index < -0.39 is 29.2 Å². The standard InChI is InChI=1S/C18H14ClFN2O6/c19-14-9-13(22(26)27)5-6-15(14)21-17(24)10-28-18(25)8-7-16(23)11-1-3-12(20)4-2-11/h1-6,9H,7-8,10H2,(H,21,24). The summed E-state index contributed by atoms with van der Waals surface area (Å²) in [6, 6.07) is 8.38. The van der Waals surface area contributed by atoms with Crippen LogP contribution in [0.5, 0.6) is 0 Å². The van der Waals surface area contributed by atoms with Crippen LogP contribution in [-0.4, -0.2) is 29.2 Å². The number of non-ortho nitro benzene ring substituents is 1. The number of nitrogens with zero attached hydrogens (tertiary/aromatic N) is 1. The zero-order valence-electron chi connectivity index (χ0n) is 14.3. The molecule has 0 unspecified atom stereocenters. The SMILES string of the molecule is O=C(COC(=O)CCC(=O)c1ccc(F)cc1)Nc1ccc([N+](=O)[O-])cc1Cl. The van der Waals surface area contributed by atoms with Crippen molar-refractivity contribution >= 4 is 40.6 Å². The predicted molar refractivity (Wildman–Crippen MR) is 97.7 cm³/mol. The highest BCUT2D eigenvalue weighted by atomic mass is 35.5. The molecule has 0 fully saturated rings. The fraction of sp³-hybridized carbons (Fsp3) is 0.167. The maximum atomic E-state index is 12.8. The van der Waals surface area contributed by atoms with Crippen LogP contribution in [0.3, 0.4) is 0 Å². The average molecular weight is 409 g/mol. The molecule has 0 aromatic heterocycles. The molecule has 0 saturated heterocycles. The van der Waals surface area contributed by atoms with Gasteiger partial charge in [0, 0.05) is 24.1 Å². The van der Waals surface area contributed by atoms with Crippen molar-refractivity contribution in [3.8, 4) is 0 Å². The summed E-state index contributed by atoms with van der Waals surface area (Å²) in [7, 11) is 0. The van der Waals surface area contributed by atoms with Gasteiger partial charge in [0.05, 0.1) is 22.1 Å². The third-order valence-electron chi connectivity index (χ3n) is 3.52. The normalized spacial score (nSPS) is 10.2. The maximum Gasteiger partial charge on any atom is 0.306 e. The van der Waals surface area contributed by atoms with Crippen LogP contribution in [0.2, 0.25) is 5.02 Å². The Kier molecular flexibility index (Phi) is 7.16. The van der Waals surface area contributed by atoms with Crippen LogP contribution < -0.4 is 5.32 Å². The molecule has 0 aliphatic rings. The molecule has 2 aromatic carbocycles. The first kappa shape index (κ1) is 21.0. The smallest absolute Gasteiger partial charge is 0.306 e. The number of ether oxygens (including phenoxy) is 1. The Morgan fingerprint density at radius 2 is 1.79 bits per heavy atom. The Balaban J connectivity index is 1.77. The molecule has 10 heteroatoms. The zero-order valence-corrected chi connectivity index (χ0v) is 15.1. The van der Waals surface area contributed by atoms with Crippen molar-refractivity contribution < 1.29 is 28.4 Å². The summed E-state index contributed by atoms with van der Waals surface area (Å²) < 4.78 is 17.6. The van der Waals surface area contributed by atoms with E-state index in [2.05, 4.69) is 5.32 Å². The van der Waals surface area contributed by atoms with Crippen LogP contribution in [0.4, 0.5) is 15.8 Å². The van der Waals surface area contributed by atoms with Gasteiger partial charge in [-0.3, -0.25) is 24.5 Å². The average Bonchev–Trinajstić information content (AvgIpc) is 2.66. The van der Waals surface area contributed by atoms with Crippen molar-refractivity contribution in [3.05, 3.63) is 69.0 Å². The minimum absolute atomic E-state index is 0.0428. The monoisotopic (exact) mass is 408 g/mol. The van der Waals surface area contributed by atoms with Crippen LogP contribution in [0.1, 0.15) is 23.2 Å². The minimum Gasteiger partial charge on any atom is -0.456 e. The van der Waals surface area contributed by atoms with Crippen LogP contribution >= 0.6 is 11.6 Å². The number of nitro groups is 1. The lowest BCUT2D eigenvalue weighted by Crippen LogP contribution is -2.21. The summed E-state index contributed by atoms with van der Waals surface area (Å²) >= 11 is 5.84. The number of nitrogens with one attached hydrogen (secondary N) is 1. The number of carbonyl (C=O) groups excluding carboxylic acids is 3. The Morgan fingerprint density at radius 1 is 1.11 bits per heavy atom. The number of ketones is 1. The molecule has 1 N–H and O–H groups in total. The van der Waals surface area contributed by atoms with Gasteiger partial charge < -0.3 is 10.1 Å². The second-order valence-corrected chi connectivity index (χ2v) is 5.97. The second kappa shape index (κ2) is 9.56. The molecule has 8 nitrogen and oxygen atoms in total. The number of halogens is 2. The van der Waals surface area contributed by atoms with Crippen molar-refractivity contribution in [1.82, 2.24) is 0 Å². The molecule has 2 aromatic rings. The van der Waals surface area contributed by atoms with Crippen LogP contribution in [0.25, 0.3) is 0 Å². The number of hydrogen-bond donors (Lipinski definition) is 1. The van der Waals surface area contributed by atoms with E-state index in [1.54, 1.807) is 0 Å². The number of carbonyl (C=O) groups is 3. The maximum absolute atomic E-state index is 12.8. The quantitative estimate of drug-likeness (QED) is 0.309. The summed E-state index contributed by atoms with van der Waals surface area (Å²) in [5.74, 6) is -2.30. The fourth-order valence-corrected chi connectivity index (χ4v) is 2.34. The summed E-state index contributed by atoms with van der Waals surface area (Å²) in [4.78, 5) is 45.3. The highest BCUT2D eigenvalue weighted by Gasteiger charge is 2.14. The molecule has 1 amide bonds. The molecule has 0 spiro atoms. The molecule has 28 heavy (non-hydrogen) atoms. The molecular formula is C18H14ClFN2O6. The number of Topliss-reactive ketones (excluding diaryl/α,β-unsaturated/α-hetero) is 1. The largest absolute Gasteiger partial charge is 0.456 e.